The third-order valence-corrected chi connectivity index (χ3v) is 5.97. The highest BCUT2D eigenvalue weighted by Gasteiger charge is 2.31. The molecule has 2 unspecified atom stereocenters. The van der Waals surface area contributed by atoms with Crippen LogP contribution >= 0.6 is 0 Å². The van der Waals surface area contributed by atoms with E-state index in [1.54, 1.807) is 4.90 Å². The minimum absolute atomic E-state index is 0.00678. The Kier molecular flexibility index (Phi) is 4.98. The van der Waals surface area contributed by atoms with Gasteiger partial charge >= 0.3 is 5.97 Å². The maximum Gasteiger partial charge on any atom is 0.308 e. The molecule has 3 heterocycles. The Morgan fingerprint density at radius 1 is 1.21 bits per heavy atom. The zero-order chi connectivity index (χ0) is 20.7. The molecule has 1 aromatic carbocycles. The molecule has 2 atom stereocenters. The lowest BCUT2D eigenvalue weighted by Gasteiger charge is -2.34. The van der Waals surface area contributed by atoms with Crippen LogP contribution < -0.4 is 0 Å². The second-order valence-electron chi connectivity index (χ2n) is 8.19. The summed E-state index contributed by atoms with van der Waals surface area (Å²) in [6, 6.07) is 7.93. The smallest absolute Gasteiger partial charge is 0.308 e. The minimum atomic E-state index is -0.818. The van der Waals surface area contributed by atoms with Crippen LogP contribution in [0.5, 0.6) is 0 Å². The lowest BCUT2D eigenvalue weighted by atomic mass is 9.90. The molecule has 1 fully saturated rings. The van der Waals surface area contributed by atoms with Crippen molar-refractivity contribution in [3.05, 3.63) is 41.2 Å². The number of amides is 1. The Hall–Kier alpha value is -2.96. The number of hydrogen-bond acceptors (Lipinski definition) is 4. The monoisotopic (exact) mass is 394 g/mol. The van der Waals surface area contributed by atoms with Gasteiger partial charge in [-0.1, -0.05) is 19.1 Å². The van der Waals surface area contributed by atoms with E-state index in [2.05, 4.69) is 5.10 Å². The Morgan fingerprint density at radius 2 is 1.97 bits per heavy atom. The van der Waals surface area contributed by atoms with Crippen molar-refractivity contribution in [2.24, 2.45) is 11.8 Å². The van der Waals surface area contributed by atoms with E-state index in [9.17, 15) is 14.7 Å². The summed E-state index contributed by atoms with van der Waals surface area (Å²) in [6.07, 6.45) is 1.54. The van der Waals surface area contributed by atoms with E-state index in [0.29, 0.717) is 32.4 Å². The van der Waals surface area contributed by atoms with Crippen LogP contribution in [-0.2, 0) is 16.0 Å². The van der Waals surface area contributed by atoms with Crippen LogP contribution in [0, 0.1) is 25.7 Å². The summed E-state index contributed by atoms with van der Waals surface area (Å²) in [6.45, 7) is 6.92. The molecular weight excluding hydrogens is 368 g/mol. The third-order valence-electron chi connectivity index (χ3n) is 5.97. The summed E-state index contributed by atoms with van der Waals surface area (Å²) >= 11 is 0. The zero-order valence-corrected chi connectivity index (χ0v) is 17.1. The van der Waals surface area contributed by atoms with E-state index in [1.807, 2.05) is 49.6 Å². The van der Waals surface area contributed by atoms with Gasteiger partial charge in [-0.2, -0.15) is 5.10 Å². The molecule has 152 valence electrons. The first-order valence-electron chi connectivity index (χ1n) is 10.1. The van der Waals surface area contributed by atoms with Crippen molar-refractivity contribution in [2.75, 3.05) is 13.1 Å². The fraction of sp³-hybridized carbons (Fsp3) is 0.455. The van der Waals surface area contributed by atoms with Gasteiger partial charge < -0.3 is 10.0 Å². The molecule has 0 radical (unpaired) electrons. The first-order valence-corrected chi connectivity index (χ1v) is 10.1. The van der Waals surface area contributed by atoms with Crippen molar-refractivity contribution in [1.29, 1.82) is 0 Å². The summed E-state index contributed by atoms with van der Waals surface area (Å²) in [5, 5.41) is 15.0. The zero-order valence-electron chi connectivity index (χ0n) is 17.1. The Morgan fingerprint density at radius 3 is 2.72 bits per heavy atom. The number of fused-ring (bicyclic) bond motifs is 3. The number of nitrogens with zero attached hydrogens (tertiary/aromatic N) is 4. The molecule has 0 bridgehead atoms. The average Bonchev–Trinajstić information content (AvgIpc) is 3.06. The highest BCUT2D eigenvalue weighted by atomic mass is 16.4. The van der Waals surface area contributed by atoms with Crippen molar-refractivity contribution in [1.82, 2.24) is 19.5 Å². The maximum atomic E-state index is 12.8. The molecule has 1 aliphatic rings. The van der Waals surface area contributed by atoms with Crippen molar-refractivity contribution in [2.45, 2.75) is 40.0 Å². The maximum absolute atomic E-state index is 12.8. The van der Waals surface area contributed by atoms with E-state index < -0.39 is 11.9 Å². The average molecular weight is 394 g/mol. The highest BCUT2D eigenvalue weighted by molar-refractivity contribution is 5.92. The molecule has 1 aliphatic heterocycles. The van der Waals surface area contributed by atoms with Crippen LogP contribution in [0.1, 0.15) is 36.7 Å². The largest absolute Gasteiger partial charge is 0.481 e. The number of benzene rings is 1. The number of aryl methyl sites for hydroxylation is 2. The van der Waals surface area contributed by atoms with Gasteiger partial charge in [0.05, 0.1) is 11.4 Å². The summed E-state index contributed by atoms with van der Waals surface area (Å²) in [5.41, 5.74) is 4.66. The van der Waals surface area contributed by atoms with Gasteiger partial charge in [0.25, 0.3) is 0 Å². The molecule has 1 N–H and O–H groups in total. The summed E-state index contributed by atoms with van der Waals surface area (Å²) in [5.74, 6) is -1.08. The Balaban J connectivity index is 1.56. The van der Waals surface area contributed by atoms with Crippen LogP contribution in [0.3, 0.4) is 0 Å². The van der Waals surface area contributed by atoms with E-state index in [0.717, 1.165) is 33.5 Å². The molecule has 0 aliphatic carbocycles. The number of likely N-dealkylation sites (tertiary alicyclic amines) is 1. The lowest BCUT2D eigenvalue weighted by Crippen LogP contribution is -2.45. The number of aromatic nitrogens is 3. The van der Waals surface area contributed by atoms with Crippen LogP contribution in [0.2, 0.25) is 0 Å². The molecule has 29 heavy (non-hydrogen) atoms. The van der Waals surface area contributed by atoms with Gasteiger partial charge in [0.1, 0.15) is 0 Å². The fourth-order valence-electron chi connectivity index (χ4n) is 4.46. The third kappa shape index (κ3) is 3.57. The summed E-state index contributed by atoms with van der Waals surface area (Å²) < 4.78 is 1.86. The number of carboxylic acid groups (broad SMARTS) is 1. The molecule has 0 saturated carbocycles. The number of piperidine rings is 1. The molecule has 0 spiro atoms. The van der Waals surface area contributed by atoms with E-state index >= 15 is 0 Å². The Labute approximate surface area is 169 Å². The lowest BCUT2D eigenvalue weighted by molar-refractivity contribution is -0.146. The van der Waals surface area contributed by atoms with E-state index in [4.69, 9.17) is 4.98 Å². The molecule has 7 heteroatoms. The number of rotatable bonds is 4. The topological polar surface area (TPSA) is 87.8 Å². The SMILES string of the molecule is Cc1nc2c3ccccc3nn2c(C)c1CCC(=O)N1CC(C)CC(C(=O)O)C1. The van der Waals surface area contributed by atoms with Crippen LogP contribution in [-0.4, -0.2) is 49.6 Å². The van der Waals surface area contributed by atoms with Gasteiger partial charge in [-0.25, -0.2) is 9.50 Å². The fourth-order valence-corrected chi connectivity index (χ4v) is 4.46. The summed E-state index contributed by atoms with van der Waals surface area (Å²) in [4.78, 5) is 30.7. The second kappa shape index (κ2) is 7.46. The molecule has 1 saturated heterocycles. The molecule has 4 rings (SSSR count). The van der Waals surface area contributed by atoms with Crippen molar-refractivity contribution < 1.29 is 14.7 Å². The molecule has 1 amide bonds. The van der Waals surface area contributed by atoms with Crippen LogP contribution in [0.4, 0.5) is 0 Å². The quantitative estimate of drug-likeness (QED) is 0.735. The van der Waals surface area contributed by atoms with E-state index in [1.165, 1.54) is 0 Å². The van der Waals surface area contributed by atoms with Gasteiger partial charge in [0.15, 0.2) is 5.65 Å². The number of carbonyl (C=O) groups is 2. The predicted octanol–water partition coefficient (Wildman–Crippen LogP) is 3.00. The Bertz CT molecular complexity index is 1100. The first-order chi connectivity index (χ1) is 13.8. The van der Waals surface area contributed by atoms with Crippen molar-refractivity contribution >= 4 is 28.4 Å². The van der Waals surface area contributed by atoms with Gasteiger partial charge in [-0.05, 0) is 50.3 Å². The molecule has 3 aromatic rings. The minimum Gasteiger partial charge on any atom is -0.481 e. The van der Waals surface area contributed by atoms with Crippen molar-refractivity contribution in [3.63, 3.8) is 0 Å². The van der Waals surface area contributed by atoms with Crippen LogP contribution in [0.15, 0.2) is 24.3 Å². The second-order valence-corrected chi connectivity index (χ2v) is 8.19. The first kappa shape index (κ1) is 19.4. The number of carbonyl (C=O) groups excluding carboxylic acids is 1. The van der Waals surface area contributed by atoms with Gasteiger partial charge in [0, 0.05) is 36.3 Å². The van der Waals surface area contributed by atoms with E-state index in [-0.39, 0.29) is 11.8 Å². The normalized spacial score (nSPS) is 19.8. The predicted molar refractivity (Wildman–Crippen MR) is 110 cm³/mol. The number of aliphatic carboxylic acids is 1. The summed E-state index contributed by atoms with van der Waals surface area (Å²) in [7, 11) is 0. The molecular formula is C22H26N4O3. The number of hydrogen-bond donors (Lipinski definition) is 1. The van der Waals surface area contributed by atoms with Gasteiger partial charge in [-0.3, -0.25) is 9.59 Å². The molecule has 7 nitrogen and oxygen atoms in total. The van der Waals surface area contributed by atoms with Gasteiger partial charge in [0.2, 0.25) is 5.91 Å². The number of carboxylic acids is 1. The van der Waals surface area contributed by atoms with Crippen LogP contribution in [0.25, 0.3) is 16.6 Å². The van der Waals surface area contributed by atoms with Crippen molar-refractivity contribution in [3.8, 4) is 0 Å². The standard InChI is InChI=1S/C22H26N4O3/c1-13-10-16(22(28)29)12-25(11-13)20(27)9-8-17-14(2)23-21-18-6-4-5-7-19(18)24-26(21)15(17)3/h4-7,13,16H,8-12H2,1-3H3,(H,28,29). The molecule has 2 aromatic heterocycles. The van der Waals surface area contributed by atoms with Gasteiger partial charge in [-0.15, -0.1) is 0 Å². The highest BCUT2D eigenvalue weighted by Crippen LogP contribution is 2.25.